The predicted octanol–water partition coefficient (Wildman–Crippen LogP) is 4.97. The Hall–Kier alpha value is -1.35. The summed E-state index contributed by atoms with van der Waals surface area (Å²) in [7, 11) is 0. The van der Waals surface area contributed by atoms with Crippen LogP contribution in [0.15, 0.2) is 24.3 Å². The van der Waals surface area contributed by atoms with Gasteiger partial charge in [0.25, 0.3) is 0 Å². The number of nitrogens with one attached hydrogen (secondary N) is 1. The van der Waals surface area contributed by atoms with Gasteiger partial charge in [0.05, 0.1) is 6.04 Å². The number of hydrogen-bond acceptors (Lipinski definition) is 2. The van der Waals surface area contributed by atoms with Crippen LogP contribution in [0, 0.1) is 11.8 Å². The van der Waals surface area contributed by atoms with Crippen molar-refractivity contribution in [3.05, 3.63) is 35.4 Å². The monoisotopic (exact) mass is 343 g/mol. The second kappa shape index (κ2) is 8.84. The van der Waals surface area contributed by atoms with Crippen LogP contribution in [0.4, 0.5) is 0 Å². The van der Waals surface area contributed by atoms with E-state index in [-0.39, 0.29) is 17.9 Å². The fraction of sp³-hybridized carbons (Fsp3) is 0.682. The maximum atomic E-state index is 12.6. The van der Waals surface area contributed by atoms with Gasteiger partial charge in [-0.1, -0.05) is 57.4 Å². The molecule has 2 aliphatic rings. The summed E-state index contributed by atoms with van der Waals surface area (Å²) >= 11 is 0. The van der Waals surface area contributed by atoms with Crippen molar-refractivity contribution in [1.29, 1.82) is 0 Å². The van der Waals surface area contributed by atoms with Crippen LogP contribution in [-0.2, 0) is 9.53 Å². The smallest absolute Gasteiger partial charge is 0.223 e. The molecule has 0 radical (unpaired) electrons. The van der Waals surface area contributed by atoms with Crippen molar-refractivity contribution in [3.63, 3.8) is 0 Å². The Labute approximate surface area is 152 Å². The zero-order chi connectivity index (χ0) is 17.6. The van der Waals surface area contributed by atoms with Crippen LogP contribution >= 0.6 is 0 Å². The van der Waals surface area contributed by atoms with E-state index in [4.69, 9.17) is 4.74 Å². The van der Waals surface area contributed by atoms with Gasteiger partial charge in [0.1, 0.15) is 0 Å². The fourth-order valence-corrected chi connectivity index (χ4v) is 4.28. The molecule has 1 N–H and O–H groups in total. The molecule has 0 aromatic heterocycles. The summed E-state index contributed by atoms with van der Waals surface area (Å²) in [5.41, 5.74) is 2.71. The largest absolute Gasteiger partial charge is 0.381 e. The van der Waals surface area contributed by atoms with Gasteiger partial charge in [-0.3, -0.25) is 4.79 Å². The van der Waals surface area contributed by atoms with Gasteiger partial charge >= 0.3 is 0 Å². The van der Waals surface area contributed by atoms with Gasteiger partial charge in [0.15, 0.2) is 0 Å². The molecular weight excluding hydrogens is 310 g/mol. The first-order valence-corrected chi connectivity index (χ1v) is 10.1. The number of ether oxygens (including phenoxy) is 1. The summed E-state index contributed by atoms with van der Waals surface area (Å²) in [5, 5.41) is 3.31. The van der Waals surface area contributed by atoms with Crippen molar-refractivity contribution < 1.29 is 9.53 Å². The third kappa shape index (κ3) is 4.84. The van der Waals surface area contributed by atoms with Crippen molar-refractivity contribution in [2.24, 2.45) is 11.8 Å². The minimum Gasteiger partial charge on any atom is -0.381 e. The second-order valence-electron chi connectivity index (χ2n) is 8.12. The molecule has 3 heteroatoms. The lowest BCUT2D eigenvalue weighted by molar-refractivity contribution is -0.129. The van der Waals surface area contributed by atoms with Gasteiger partial charge < -0.3 is 10.1 Å². The van der Waals surface area contributed by atoms with E-state index in [0.717, 1.165) is 18.8 Å². The van der Waals surface area contributed by atoms with Crippen molar-refractivity contribution in [2.75, 3.05) is 13.2 Å². The van der Waals surface area contributed by atoms with Crippen molar-refractivity contribution >= 4 is 5.91 Å². The van der Waals surface area contributed by atoms with Crippen molar-refractivity contribution in [2.45, 2.75) is 70.8 Å². The van der Waals surface area contributed by atoms with Crippen LogP contribution in [0.25, 0.3) is 0 Å². The molecule has 0 bridgehead atoms. The molecule has 1 saturated heterocycles. The number of carbonyl (C=O) groups excluding carboxylic acids is 1. The summed E-state index contributed by atoms with van der Waals surface area (Å²) in [6.45, 7) is 5.79. The van der Waals surface area contributed by atoms with Gasteiger partial charge in [-0.2, -0.15) is 0 Å². The quantitative estimate of drug-likeness (QED) is 0.819. The van der Waals surface area contributed by atoms with Crippen LogP contribution in [0.3, 0.4) is 0 Å². The highest BCUT2D eigenvalue weighted by Gasteiger charge is 2.26. The molecule has 1 aliphatic carbocycles. The third-order valence-corrected chi connectivity index (χ3v) is 5.93. The second-order valence-corrected chi connectivity index (χ2v) is 8.12. The van der Waals surface area contributed by atoms with E-state index < -0.39 is 0 Å². The molecule has 1 aliphatic heterocycles. The molecule has 25 heavy (non-hydrogen) atoms. The highest BCUT2D eigenvalue weighted by atomic mass is 16.5. The Balaban J connectivity index is 1.66. The Bertz CT molecular complexity index is 540. The SMILES string of the molecule is CC(C)[C@H](NC(=O)C1CCOCC1)c1ccc(C2CCCCC2)cc1. The Morgan fingerprint density at radius 2 is 1.64 bits per heavy atom. The van der Waals surface area contributed by atoms with Crippen LogP contribution in [-0.4, -0.2) is 19.1 Å². The molecule has 1 saturated carbocycles. The summed E-state index contributed by atoms with van der Waals surface area (Å²) in [6, 6.07) is 9.15. The zero-order valence-electron chi connectivity index (χ0n) is 15.8. The van der Waals surface area contributed by atoms with E-state index in [1.807, 2.05) is 0 Å². The van der Waals surface area contributed by atoms with Crippen LogP contribution in [0.5, 0.6) is 0 Å². The molecule has 3 rings (SSSR count). The molecular formula is C22H33NO2. The maximum absolute atomic E-state index is 12.6. The highest BCUT2D eigenvalue weighted by molar-refractivity contribution is 5.79. The maximum Gasteiger partial charge on any atom is 0.223 e. The number of carbonyl (C=O) groups is 1. The van der Waals surface area contributed by atoms with Crippen LogP contribution in [0.2, 0.25) is 0 Å². The first-order valence-electron chi connectivity index (χ1n) is 10.1. The minimum atomic E-state index is 0.0933. The molecule has 2 fully saturated rings. The van der Waals surface area contributed by atoms with E-state index in [1.165, 1.54) is 43.2 Å². The van der Waals surface area contributed by atoms with Gasteiger partial charge in [-0.05, 0) is 48.6 Å². The zero-order valence-corrected chi connectivity index (χ0v) is 15.8. The topological polar surface area (TPSA) is 38.3 Å². The summed E-state index contributed by atoms with van der Waals surface area (Å²) < 4.78 is 5.38. The molecule has 0 unspecified atom stereocenters. The summed E-state index contributed by atoms with van der Waals surface area (Å²) in [5.74, 6) is 1.41. The molecule has 1 aromatic rings. The lowest BCUT2D eigenvalue weighted by Crippen LogP contribution is -2.38. The molecule has 1 amide bonds. The average molecular weight is 344 g/mol. The minimum absolute atomic E-state index is 0.0933. The fourth-order valence-electron chi connectivity index (χ4n) is 4.28. The summed E-state index contributed by atoms with van der Waals surface area (Å²) in [6.07, 6.45) is 8.46. The van der Waals surface area contributed by atoms with Gasteiger partial charge in [-0.15, -0.1) is 0 Å². The molecule has 0 spiro atoms. The lowest BCUT2D eigenvalue weighted by Gasteiger charge is -2.28. The van der Waals surface area contributed by atoms with Gasteiger partial charge in [-0.25, -0.2) is 0 Å². The van der Waals surface area contributed by atoms with Crippen molar-refractivity contribution in [1.82, 2.24) is 5.32 Å². The first kappa shape index (κ1) is 18.4. The third-order valence-electron chi connectivity index (χ3n) is 5.93. The lowest BCUT2D eigenvalue weighted by atomic mass is 9.83. The van der Waals surface area contributed by atoms with E-state index in [2.05, 4.69) is 43.4 Å². The standard InChI is InChI=1S/C22H33NO2/c1-16(2)21(23-22(24)20-12-14-25-15-13-20)19-10-8-18(9-11-19)17-6-4-3-5-7-17/h8-11,16-17,20-21H,3-7,12-15H2,1-2H3,(H,23,24)/t21-/m0/s1. The van der Waals surface area contributed by atoms with E-state index in [9.17, 15) is 4.79 Å². The number of amides is 1. The first-order chi connectivity index (χ1) is 12.1. The van der Waals surface area contributed by atoms with Crippen LogP contribution < -0.4 is 5.32 Å². The number of benzene rings is 1. The highest BCUT2D eigenvalue weighted by Crippen LogP contribution is 2.33. The number of hydrogen-bond donors (Lipinski definition) is 1. The Morgan fingerprint density at radius 3 is 2.24 bits per heavy atom. The molecule has 3 nitrogen and oxygen atoms in total. The van der Waals surface area contributed by atoms with E-state index >= 15 is 0 Å². The molecule has 1 heterocycles. The van der Waals surface area contributed by atoms with Crippen molar-refractivity contribution in [3.8, 4) is 0 Å². The predicted molar refractivity (Wildman–Crippen MR) is 102 cm³/mol. The van der Waals surface area contributed by atoms with Gasteiger partial charge in [0.2, 0.25) is 5.91 Å². The van der Waals surface area contributed by atoms with Crippen LogP contribution in [0.1, 0.15) is 81.9 Å². The Kier molecular flexibility index (Phi) is 6.52. The molecule has 1 aromatic carbocycles. The van der Waals surface area contributed by atoms with E-state index in [0.29, 0.717) is 19.1 Å². The average Bonchev–Trinajstić information content (AvgIpc) is 2.67. The molecule has 138 valence electrons. The molecule has 1 atom stereocenters. The summed E-state index contributed by atoms with van der Waals surface area (Å²) in [4.78, 5) is 12.6. The van der Waals surface area contributed by atoms with E-state index in [1.54, 1.807) is 0 Å². The van der Waals surface area contributed by atoms with Gasteiger partial charge in [0, 0.05) is 19.1 Å². The Morgan fingerprint density at radius 1 is 1.00 bits per heavy atom. The normalized spacial score (nSPS) is 21.2. The number of rotatable bonds is 5.